The molecule has 0 bridgehead atoms. The van der Waals surface area contributed by atoms with Crippen LogP contribution in [-0.4, -0.2) is 40.1 Å². The van der Waals surface area contributed by atoms with E-state index in [-0.39, 0.29) is 11.6 Å². The van der Waals surface area contributed by atoms with Crippen molar-refractivity contribution in [2.24, 2.45) is 12.5 Å². The zero-order valence-corrected chi connectivity index (χ0v) is 14.1. The van der Waals surface area contributed by atoms with Crippen LogP contribution in [0.4, 0.5) is 0 Å². The first-order valence-corrected chi connectivity index (χ1v) is 8.04. The van der Waals surface area contributed by atoms with Crippen LogP contribution in [0.5, 0.6) is 0 Å². The molecule has 0 aromatic carbocycles. The maximum absolute atomic E-state index is 6.06. The van der Waals surface area contributed by atoms with Gasteiger partial charge >= 0.3 is 0 Å². The fraction of sp³-hybridized carbons (Fsp3) is 0.875. The second kappa shape index (κ2) is 6.44. The van der Waals surface area contributed by atoms with E-state index in [0.29, 0.717) is 5.41 Å². The van der Waals surface area contributed by atoms with E-state index in [9.17, 15) is 0 Å². The third-order valence-electron chi connectivity index (χ3n) is 5.13. The summed E-state index contributed by atoms with van der Waals surface area (Å²) in [7, 11) is 3.81. The normalized spacial score (nSPS) is 22.1. The lowest BCUT2D eigenvalue weighted by molar-refractivity contribution is -0.0863. The summed E-state index contributed by atoms with van der Waals surface area (Å²) in [6, 6.07) is 0.284. The highest BCUT2D eigenvalue weighted by Gasteiger charge is 2.44. The molecule has 1 aromatic heterocycles. The van der Waals surface area contributed by atoms with Gasteiger partial charge in [0.1, 0.15) is 12.2 Å². The van der Waals surface area contributed by atoms with E-state index in [0.717, 1.165) is 31.6 Å². The molecule has 0 spiro atoms. The minimum atomic E-state index is -0.0858. The lowest BCUT2D eigenvalue weighted by Gasteiger charge is -2.47. The van der Waals surface area contributed by atoms with Gasteiger partial charge in [-0.3, -0.25) is 4.68 Å². The molecule has 120 valence electrons. The average molecular weight is 294 g/mol. The number of aryl methyl sites for hydroxylation is 1. The van der Waals surface area contributed by atoms with Gasteiger partial charge in [0.15, 0.2) is 0 Å². The van der Waals surface area contributed by atoms with Crippen molar-refractivity contribution in [1.82, 2.24) is 20.1 Å². The molecule has 0 saturated heterocycles. The predicted octanol–water partition coefficient (Wildman–Crippen LogP) is 2.32. The number of rotatable bonds is 6. The van der Waals surface area contributed by atoms with Crippen LogP contribution in [0, 0.1) is 5.41 Å². The van der Waals surface area contributed by atoms with E-state index >= 15 is 0 Å². The summed E-state index contributed by atoms with van der Waals surface area (Å²) >= 11 is 0. The first-order chi connectivity index (χ1) is 9.92. The minimum absolute atomic E-state index is 0.0858. The van der Waals surface area contributed by atoms with Crippen molar-refractivity contribution in [2.75, 3.05) is 13.7 Å². The topological polar surface area (TPSA) is 52.0 Å². The summed E-state index contributed by atoms with van der Waals surface area (Å²) in [6.45, 7) is 7.81. The van der Waals surface area contributed by atoms with Gasteiger partial charge in [-0.2, -0.15) is 5.10 Å². The number of hydrogen-bond donors (Lipinski definition) is 1. The quantitative estimate of drug-likeness (QED) is 0.875. The van der Waals surface area contributed by atoms with Crippen molar-refractivity contribution in [2.45, 2.75) is 64.5 Å². The fourth-order valence-electron chi connectivity index (χ4n) is 3.42. The molecule has 1 fully saturated rings. The molecule has 1 aliphatic carbocycles. The number of nitrogens with zero attached hydrogens (tertiary/aromatic N) is 3. The molecule has 1 atom stereocenters. The summed E-state index contributed by atoms with van der Waals surface area (Å²) in [4.78, 5) is 4.38. The van der Waals surface area contributed by atoms with Crippen LogP contribution in [0.3, 0.4) is 0 Å². The number of ether oxygens (including phenoxy) is 1. The smallest absolute Gasteiger partial charge is 0.138 e. The van der Waals surface area contributed by atoms with Gasteiger partial charge in [-0.25, -0.2) is 4.98 Å². The highest BCUT2D eigenvalue weighted by Crippen LogP contribution is 2.43. The number of likely N-dealkylation sites (N-methyl/N-ethyl adjacent to an activating group) is 1. The average Bonchev–Trinajstić information content (AvgIpc) is 2.85. The van der Waals surface area contributed by atoms with E-state index in [1.807, 2.05) is 18.8 Å². The monoisotopic (exact) mass is 294 g/mol. The largest absolute Gasteiger partial charge is 0.377 e. The molecule has 5 heteroatoms. The summed E-state index contributed by atoms with van der Waals surface area (Å²) < 4.78 is 7.92. The summed E-state index contributed by atoms with van der Waals surface area (Å²) in [5.74, 6) is 1.02. The van der Waals surface area contributed by atoms with E-state index in [1.54, 1.807) is 6.33 Å². The van der Waals surface area contributed by atoms with Gasteiger partial charge in [0.05, 0.1) is 5.60 Å². The first-order valence-electron chi connectivity index (χ1n) is 8.04. The van der Waals surface area contributed by atoms with Gasteiger partial charge in [0, 0.05) is 26.6 Å². The Bertz CT molecular complexity index is 445. The number of aromatic nitrogens is 3. The molecule has 1 N–H and O–H groups in total. The third kappa shape index (κ3) is 3.64. The summed E-state index contributed by atoms with van der Waals surface area (Å²) in [6.07, 6.45) is 7.11. The lowest BCUT2D eigenvalue weighted by atomic mass is 9.68. The molecule has 0 amide bonds. The molecular weight excluding hydrogens is 264 g/mol. The highest BCUT2D eigenvalue weighted by molar-refractivity contribution is 5.03. The van der Waals surface area contributed by atoms with Crippen molar-refractivity contribution in [3.05, 3.63) is 12.2 Å². The van der Waals surface area contributed by atoms with Crippen LogP contribution < -0.4 is 5.32 Å². The molecule has 0 radical (unpaired) electrons. The Morgan fingerprint density at radius 3 is 2.48 bits per heavy atom. The van der Waals surface area contributed by atoms with Gasteiger partial charge in [0.25, 0.3) is 0 Å². The van der Waals surface area contributed by atoms with Crippen LogP contribution in [0.15, 0.2) is 6.33 Å². The van der Waals surface area contributed by atoms with Gasteiger partial charge in [-0.05, 0) is 37.6 Å². The maximum atomic E-state index is 6.06. The van der Waals surface area contributed by atoms with Crippen LogP contribution >= 0.6 is 0 Å². The van der Waals surface area contributed by atoms with E-state index in [1.165, 1.54) is 12.8 Å². The van der Waals surface area contributed by atoms with E-state index < -0.39 is 0 Å². The SMILES string of the molecule is CCNC(Cc1ncnn1C)C1(OC)CCC(C)(C)CC1. The second-order valence-electron chi connectivity index (χ2n) is 7.05. The predicted molar refractivity (Wildman–Crippen MR) is 84.2 cm³/mol. The molecule has 1 saturated carbocycles. The van der Waals surface area contributed by atoms with Crippen molar-refractivity contribution in [1.29, 1.82) is 0 Å². The zero-order chi connectivity index (χ0) is 15.5. The Labute approximate surface area is 128 Å². The van der Waals surface area contributed by atoms with Crippen molar-refractivity contribution < 1.29 is 4.74 Å². The molecule has 2 rings (SSSR count). The van der Waals surface area contributed by atoms with Gasteiger partial charge < -0.3 is 10.1 Å². The third-order valence-corrected chi connectivity index (χ3v) is 5.13. The van der Waals surface area contributed by atoms with Gasteiger partial charge in [0.2, 0.25) is 0 Å². The van der Waals surface area contributed by atoms with E-state index in [4.69, 9.17) is 4.74 Å². The van der Waals surface area contributed by atoms with Crippen molar-refractivity contribution in [3.63, 3.8) is 0 Å². The second-order valence-corrected chi connectivity index (χ2v) is 7.05. The first kappa shape index (κ1) is 16.4. The standard InChI is InChI=1S/C16H30N4O/c1-6-17-13(11-14-18-12-19-20(14)4)16(21-5)9-7-15(2,3)8-10-16/h12-13,17H,6-11H2,1-5H3. The molecule has 1 heterocycles. The molecule has 1 aliphatic rings. The fourth-order valence-corrected chi connectivity index (χ4v) is 3.42. The number of methoxy groups -OCH3 is 1. The van der Waals surface area contributed by atoms with Crippen LogP contribution in [0.25, 0.3) is 0 Å². The van der Waals surface area contributed by atoms with E-state index in [2.05, 4.69) is 36.2 Å². The number of nitrogens with one attached hydrogen (secondary N) is 1. The molecule has 0 aliphatic heterocycles. The maximum Gasteiger partial charge on any atom is 0.138 e. The van der Waals surface area contributed by atoms with Gasteiger partial charge in [-0.15, -0.1) is 0 Å². The molecule has 21 heavy (non-hydrogen) atoms. The summed E-state index contributed by atoms with van der Waals surface area (Å²) in [5, 5.41) is 7.81. The number of hydrogen-bond acceptors (Lipinski definition) is 4. The van der Waals surface area contributed by atoms with Crippen molar-refractivity contribution >= 4 is 0 Å². The van der Waals surface area contributed by atoms with Crippen LogP contribution in [0.1, 0.15) is 52.3 Å². The zero-order valence-electron chi connectivity index (χ0n) is 14.1. The Morgan fingerprint density at radius 2 is 2.00 bits per heavy atom. The Hall–Kier alpha value is -0.940. The Morgan fingerprint density at radius 1 is 1.33 bits per heavy atom. The Balaban J connectivity index is 2.17. The molecule has 1 aromatic rings. The molecule has 1 unspecified atom stereocenters. The highest BCUT2D eigenvalue weighted by atomic mass is 16.5. The van der Waals surface area contributed by atoms with Crippen LogP contribution in [-0.2, 0) is 18.2 Å². The van der Waals surface area contributed by atoms with Crippen LogP contribution in [0.2, 0.25) is 0 Å². The molecular formula is C16H30N4O. The minimum Gasteiger partial charge on any atom is -0.377 e. The van der Waals surface area contributed by atoms with Gasteiger partial charge in [-0.1, -0.05) is 20.8 Å². The molecule has 5 nitrogen and oxygen atoms in total. The van der Waals surface area contributed by atoms with Crippen molar-refractivity contribution in [3.8, 4) is 0 Å². The lowest BCUT2D eigenvalue weighted by Crippen LogP contribution is -2.56. The summed E-state index contributed by atoms with van der Waals surface area (Å²) in [5.41, 5.74) is 0.348. The Kier molecular flexibility index (Phi) is 5.04.